The van der Waals surface area contributed by atoms with Gasteiger partial charge in [0.15, 0.2) is 0 Å². The van der Waals surface area contributed by atoms with Gasteiger partial charge in [0.2, 0.25) is 11.8 Å². The molecule has 1 aromatic carbocycles. The molecule has 16 heavy (non-hydrogen) atoms. The maximum Gasteiger partial charge on any atom is 0.236 e. The van der Waals surface area contributed by atoms with Crippen LogP contribution in [0.1, 0.15) is 19.8 Å². The molecular weight excluding hydrogens is 270 g/mol. The Morgan fingerprint density at radius 1 is 1.31 bits per heavy atom. The molecule has 1 fully saturated rings. The van der Waals surface area contributed by atoms with Crippen LogP contribution >= 0.6 is 15.9 Å². The van der Waals surface area contributed by atoms with E-state index in [1.54, 1.807) is 6.07 Å². The zero-order valence-corrected chi connectivity index (χ0v) is 10.5. The topological polar surface area (TPSA) is 37.4 Å². The molecule has 1 aromatic rings. The third kappa shape index (κ3) is 2.16. The van der Waals surface area contributed by atoms with Crippen molar-refractivity contribution in [2.24, 2.45) is 5.92 Å². The number of para-hydroxylation sites is 1. The molecule has 0 bridgehead atoms. The van der Waals surface area contributed by atoms with Crippen molar-refractivity contribution in [2.45, 2.75) is 19.8 Å². The fourth-order valence-corrected chi connectivity index (χ4v) is 2.05. The first-order valence-corrected chi connectivity index (χ1v) is 5.99. The fraction of sp³-hybridized carbons (Fsp3) is 0.333. The summed E-state index contributed by atoms with van der Waals surface area (Å²) in [6.45, 7) is 1.42. The van der Waals surface area contributed by atoms with Crippen LogP contribution in [0, 0.1) is 5.92 Å². The van der Waals surface area contributed by atoms with Gasteiger partial charge in [-0.05, 0) is 40.9 Å². The Kier molecular flexibility index (Phi) is 3.10. The highest BCUT2D eigenvalue weighted by atomic mass is 79.9. The Balaban J connectivity index is 2.36. The van der Waals surface area contributed by atoms with E-state index in [4.69, 9.17) is 0 Å². The van der Waals surface area contributed by atoms with Gasteiger partial charge in [-0.15, -0.1) is 0 Å². The molecule has 0 heterocycles. The van der Waals surface area contributed by atoms with Gasteiger partial charge in [0.05, 0.1) is 5.69 Å². The predicted octanol–water partition coefficient (Wildman–Crippen LogP) is 2.74. The number of nitrogens with zero attached hydrogens (tertiary/aromatic N) is 1. The number of carbonyl (C=O) groups excluding carboxylic acids is 2. The van der Waals surface area contributed by atoms with Gasteiger partial charge in [-0.3, -0.25) is 9.59 Å². The number of carbonyl (C=O) groups is 2. The number of hydrogen-bond acceptors (Lipinski definition) is 2. The van der Waals surface area contributed by atoms with Crippen LogP contribution in [0.25, 0.3) is 0 Å². The van der Waals surface area contributed by atoms with Crippen molar-refractivity contribution in [3.05, 3.63) is 28.7 Å². The van der Waals surface area contributed by atoms with E-state index in [1.807, 2.05) is 18.2 Å². The maximum absolute atomic E-state index is 12.0. The van der Waals surface area contributed by atoms with Gasteiger partial charge in [-0.25, -0.2) is 4.90 Å². The maximum atomic E-state index is 12.0. The van der Waals surface area contributed by atoms with Crippen LogP contribution in [0.3, 0.4) is 0 Å². The normalized spacial score (nSPS) is 14.6. The largest absolute Gasteiger partial charge is 0.274 e. The van der Waals surface area contributed by atoms with Gasteiger partial charge >= 0.3 is 0 Å². The van der Waals surface area contributed by atoms with Crippen LogP contribution in [-0.4, -0.2) is 11.8 Å². The summed E-state index contributed by atoms with van der Waals surface area (Å²) in [6.07, 6.45) is 1.79. The summed E-state index contributed by atoms with van der Waals surface area (Å²) in [5.41, 5.74) is 0.631. The number of anilines is 1. The monoisotopic (exact) mass is 281 g/mol. The average Bonchev–Trinajstić information content (AvgIpc) is 3.04. The highest BCUT2D eigenvalue weighted by Crippen LogP contribution is 2.35. The molecule has 3 nitrogen and oxygen atoms in total. The molecule has 0 saturated heterocycles. The minimum Gasteiger partial charge on any atom is -0.274 e. The van der Waals surface area contributed by atoms with Crippen molar-refractivity contribution < 1.29 is 9.59 Å². The van der Waals surface area contributed by atoms with Crippen molar-refractivity contribution in [3.63, 3.8) is 0 Å². The summed E-state index contributed by atoms with van der Waals surface area (Å²) in [7, 11) is 0. The molecule has 0 N–H and O–H groups in total. The van der Waals surface area contributed by atoms with Crippen molar-refractivity contribution in [3.8, 4) is 0 Å². The summed E-state index contributed by atoms with van der Waals surface area (Å²) in [5, 5.41) is 0. The summed E-state index contributed by atoms with van der Waals surface area (Å²) >= 11 is 3.36. The van der Waals surface area contributed by atoms with Gasteiger partial charge in [-0.2, -0.15) is 0 Å². The van der Waals surface area contributed by atoms with Crippen molar-refractivity contribution >= 4 is 33.4 Å². The number of hydrogen-bond donors (Lipinski definition) is 0. The number of imide groups is 1. The van der Waals surface area contributed by atoms with Crippen LogP contribution in [0.15, 0.2) is 28.7 Å². The quantitative estimate of drug-likeness (QED) is 0.836. The Labute approximate surface area is 103 Å². The lowest BCUT2D eigenvalue weighted by Gasteiger charge is -2.20. The van der Waals surface area contributed by atoms with E-state index < -0.39 is 0 Å². The third-order valence-corrected chi connectivity index (χ3v) is 3.23. The molecule has 0 unspecified atom stereocenters. The SMILES string of the molecule is CC(=O)N(C(=O)C1CC1)c1ccccc1Br. The Morgan fingerprint density at radius 2 is 1.94 bits per heavy atom. The standard InChI is InChI=1S/C12H12BrNO2/c1-8(15)14(12(16)9-6-7-9)11-5-3-2-4-10(11)13/h2-5,9H,6-7H2,1H3. The van der Waals surface area contributed by atoms with Crippen molar-refractivity contribution in [1.29, 1.82) is 0 Å². The molecule has 0 atom stereocenters. The zero-order chi connectivity index (χ0) is 11.7. The first-order valence-electron chi connectivity index (χ1n) is 5.20. The minimum absolute atomic E-state index is 0.0380. The van der Waals surface area contributed by atoms with E-state index in [2.05, 4.69) is 15.9 Å². The van der Waals surface area contributed by atoms with E-state index >= 15 is 0 Å². The van der Waals surface area contributed by atoms with Crippen molar-refractivity contribution in [2.75, 3.05) is 4.90 Å². The third-order valence-electron chi connectivity index (χ3n) is 2.56. The van der Waals surface area contributed by atoms with E-state index in [1.165, 1.54) is 11.8 Å². The second-order valence-electron chi connectivity index (χ2n) is 3.92. The molecule has 0 spiro atoms. The lowest BCUT2D eigenvalue weighted by atomic mass is 10.2. The number of halogens is 1. The molecule has 2 amide bonds. The molecule has 0 aliphatic heterocycles. The first kappa shape index (κ1) is 11.3. The molecule has 2 rings (SSSR count). The highest BCUT2D eigenvalue weighted by Gasteiger charge is 2.36. The lowest BCUT2D eigenvalue weighted by Crippen LogP contribution is -2.36. The molecule has 1 saturated carbocycles. The van der Waals surface area contributed by atoms with Gasteiger partial charge in [0.25, 0.3) is 0 Å². The van der Waals surface area contributed by atoms with E-state index in [0.29, 0.717) is 5.69 Å². The van der Waals surface area contributed by atoms with Gasteiger partial charge in [0, 0.05) is 17.3 Å². The molecule has 84 valence electrons. The molecule has 0 radical (unpaired) electrons. The summed E-state index contributed by atoms with van der Waals surface area (Å²) < 4.78 is 0.763. The highest BCUT2D eigenvalue weighted by molar-refractivity contribution is 9.10. The first-order chi connectivity index (χ1) is 7.61. The second kappa shape index (κ2) is 4.37. The van der Waals surface area contributed by atoms with Crippen LogP contribution in [0.2, 0.25) is 0 Å². The summed E-state index contributed by atoms with van der Waals surface area (Å²) in [5.74, 6) is -0.279. The van der Waals surface area contributed by atoms with Crippen LogP contribution < -0.4 is 4.90 Å². The molecule has 0 aromatic heterocycles. The molecule has 4 heteroatoms. The Morgan fingerprint density at radius 3 is 2.44 bits per heavy atom. The number of benzene rings is 1. The fourth-order valence-electron chi connectivity index (χ4n) is 1.59. The lowest BCUT2D eigenvalue weighted by molar-refractivity contribution is -0.126. The van der Waals surface area contributed by atoms with Gasteiger partial charge in [0.1, 0.15) is 0 Å². The van der Waals surface area contributed by atoms with E-state index in [-0.39, 0.29) is 17.7 Å². The zero-order valence-electron chi connectivity index (χ0n) is 8.94. The number of rotatable bonds is 2. The van der Waals surface area contributed by atoms with Crippen LogP contribution in [0.5, 0.6) is 0 Å². The van der Waals surface area contributed by atoms with Crippen LogP contribution in [-0.2, 0) is 9.59 Å². The Bertz CT molecular complexity index is 440. The average molecular weight is 282 g/mol. The van der Waals surface area contributed by atoms with E-state index in [0.717, 1.165) is 17.3 Å². The molecule has 1 aliphatic rings. The Hall–Kier alpha value is -1.16. The summed E-state index contributed by atoms with van der Waals surface area (Å²) in [4.78, 5) is 24.8. The minimum atomic E-state index is -0.233. The number of amides is 2. The van der Waals surface area contributed by atoms with Crippen LogP contribution in [0.4, 0.5) is 5.69 Å². The van der Waals surface area contributed by atoms with Gasteiger partial charge < -0.3 is 0 Å². The second-order valence-corrected chi connectivity index (χ2v) is 4.77. The predicted molar refractivity (Wildman–Crippen MR) is 65.0 cm³/mol. The molecular formula is C12H12BrNO2. The molecule has 1 aliphatic carbocycles. The van der Waals surface area contributed by atoms with E-state index in [9.17, 15) is 9.59 Å². The summed E-state index contributed by atoms with van der Waals surface area (Å²) in [6, 6.07) is 7.26. The smallest absolute Gasteiger partial charge is 0.236 e. The van der Waals surface area contributed by atoms with Crippen molar-refractivity contribution in [1.82, 2.24) is 0 Å². The van der Waals surface area contributed by atoms with Gasteiger partial charge in [-0.1, -0.05) is 12.1 Å².